The summed E-state index contributed by atoms with van der Waals surface area (Å²) in [6.45, 7) is 0.389. The number of rotatable bonds is 6. The van der Waals surface area contributed by atoms with E-state index in [4.69, 9.17) is 5.26 Å². The van der Waals surface area contributed by atoms with Crippen LogP contribution in [-0.4, -0.2) is 24.3 Å². The molecule has 1 aromatic heterocycles. The number of fused-ring (bicyclic) bond motifs is 1. The molecular weight excluding hydrogens is 322 g/mol. The number of aromatic nitrogens is 1. The zero-order chi connectivity index (χ0) is 17.0. The highest BCUT2D eigenvalue weighted by molar-refractivity contribution is 7.89. The van der Waals surface area contributed by atoms with Crippen LogP contribution in [0, 0.1) is 11.3 Å². The van der Waals surface area contributed by atoms with Gasteiger partial charge in [0, 0.05) is 31.9 Å². The molecule has 0 unspecified atom stereocenters. The highest BCUT2D eigenvalue weighted by atomic mass is 32.2. The summed E-state index contributed by atoms with van der Waals surface area (Å²) in [7, 11) is -3.64. The fourth-order valence-corrected chi connectivity index (χ4v) is 4.49. The fourth-order valence-electron chi connectivity index (χ4n) is 3.01. The third-order valence-corrected chi connectivity index (χ3v) is 6.10. The molecule has 0 atom stereocenters. The SMILES string of the molecule is N#CCCN(Cc1cccnc1)S(=O)(=O)c1ccc2c(c1)CCC2. The van der Waals surface area contributed by atoms with Gasteiger partial charge in [-0.2, -0.15) is 9.57 Å². The molecule has 1 aromatic carbocycles. The zero-order valence-electron chi connectivity index (χ0n) is 13.4. The van der Waals surface area contributed by atoms with Gasteiger partial charge in [0.25, 0.3) is 0 Å². The van der Waals surface area contributed by atoms with Gasteiger partial charge in [0.05, 0.1) is 11.0 Å². The van der Waals surface area contributed by atoms with Gasteiger partial charge in [-0.1, -0.05) is 12.1 Å². The molecule has 0 saturated carbocycles. The highest BCUT2D eigenvalue weighted by Gasteiger charge is 2.26. The molecule has 0 N–H and O–H groups in total. The van der Waals surface area contributed by atoms with E-state index >= 15 is 0 Å². The van der Waals surface area contributed by atoms with Gasteiger partial charge in [-0.05, 0) is 54.2 Å². The average molecular weight is 341 g/mol. The van der Waals surface area contributed by atoms with E-state index in [-0.39, 0.29) is 19.5 Å². The molecule has 0 bridgehead atoms. The van der Waals surface area contributed by atoms with Gasteiger partial charge >= 0.3 is 0 Å². The molecule has 0 aliphatic heterocycles. The van der Waals surface area contributed by atoms with Crippen molar-refractivity contribution in [3.8, 4) is 6.07 Å². The smallest absolute Gasteiger partial charge is 0.243 e. The predicted molar refractivity (Wildman–Crippen MR) is 90.5 cm³/mol. The minimum Gasteiger partial charge on any atom is -0.264 e. The van der Waals surface area contributed by atoms with Crippen LogP contribution in [-0.2, 0) is 29.4 Å². The van der Waals surface area contributed by atoms with Crippen LogP contribution in [0.2, 0.25) is 0 Å². The Balaban J connectivity index is 1.91. The lowest BCUT2D eigenvalue weighted by Gasteiger charge is -2.21. The maximum Gasteiger partial charge on any atom is 0.243 e. The van der Waals surface area contributed by atoms with E-state index in [0.29, 0.717) is 4.90 Å². The minimum atomic E-state index is -3.64. The van der Waals surface area contributed by atoms with Crippen molar-refractivity contribution in [3.63, 3.8) is 0 Å². The highest BCUT2D eigenvalue weighted by Crippen LogP contribution is 2.27. The third kappa shape index (κ3) is 3.48. The Kier molecular flexibility index (Phi) is 4.93. The first-order valence-electron chi connectivity index (χ1n) is 7.99. The number of aryl methyl sites for hydroxylation is 2. The van der Waals surface area contributed by atoms with Gasteiger partial charge in [0.2, 0.25) is 10.0 Å². The van der Waals surface area contributed by atoms with Crippen molar-refractivity contribution < 1.29 is 8.42 Å². The summed E-state index contributed by atoms with van der Waals surface area (Å²) in [5.74, 6) is 0. The van der Waals surface area contributed by atoms with Crippen LogP contribution < -0.4 is 0 Å². The average Bonchev–Trinajstić information content (AvgIpc) is 3.07. The minimum absolute atomic E-state index is 0.157. The van der Waals surface area contributed by atoms with Gasteiger partial charge in [0.1, 0.15) is 0 Å². The van der Waals surface area contributed by atoms with Crippen molar-refractivity contribution >= 4 is 10.0 Å². The molecule has 1 aliphatic rings. The predicted octanol–water partition coefficient (Wildman–Crippen LogP) is 2.67. The molecule has 0 spiro atoms. The van der Waals surface area contributed by atoms with Gasteiger partial charge in [-0.3, -0.25) is 4.98 Å². The standard InChI is InChI=1S/C18H19N3O2S/c19-9-3-11-21(14-15-4-2-10-20-13-15)24(22,23)18-8-7-16-5-1-6-17(16)12-18/h2,4,7-8,10,12-13H,1,3,5-6,11,14H2. The summed E-state index contributed by atoms with van der Waals surface area (Å²) in [5.41, 5.74) is 3.17. The molecule has 6 heteroatoms. The maximum atomic E-state index is 13.0. The molecule has 0 saturated heterocycles. The number of hydrogen-bond donors (Lipinski definition) is 0. The first-order valence-corrected chi connectivity index (χ1v) is 9.43. The normalized spacial score (nSPS) is 13.7. The van der Waals surface area contributed by atoms with Crippen LogP contribution in [0.3, 0.4) is 0 Å². The molecule has 3 rings (SSSR count). The van der Waals surface area contributed by atoms with Gasteiger partial charge in [-0.25, -0.2) is 8.42 Å². The van der Waals surface area contributed by atoms with E-state index in [1.54, 1.807) is 30.6 Å². The van der Waals surface area contributed by atoms with Crippen LogP contribution in [0.15, 0.2) is 47.6 Å². The van der Waals surface area contributed by atoms with Crippen molar-refractivity contribution in [2.45, 2.75) is 37.1 Å². The first kappa shape index (κ1) is 16.6. The lowest BCUT2D eigenvalue weighted by molar-refractivity contribution is 0.413. The number of benzene rings is 1. The monoisotopic (exact) mass is 341 g/mol. The van der Waals surface area contributed by atoms with E-state index in [9.17, 15) is 8.42 Å². The summed E-state index contributed by atoms with van der Waals surface area (Å²) >= 11 is 0. The van der Waals surface area contributed by atoms with Crippen molar-refractivity contribution in [3.05, 3.63) is 59.4 Å². The molecule has 24 heavy (non-hydrogen) atoms. The summed E-state index contributed by atoms with van der Waals surface area (Å²) in [4.78, 5) is 4.34. The molecule has 1 heterocycles. The topological polar surface area (TPSA) is 74.1 Å². The van der Waals surface area contributed by atoms with Crippen molar-refractivity contribution in [1.29, 1.82) is 5.26 Å². The third-order valence-electron chi connectivity index (χ3n) is 4.26. The number of hydrogen-bond acceptors (Lipinski definition) is 4. The molecule has 0 radical (unpaired) electrons. The Morgan fingerprint density at radius 2 is 2.04 bits per heavy atom. The van der Waals surface area contributed by atoms with Crippen LogP contribution in [0.1, 0.15) is 29.5 Å². The molecule has 5 nitrogen and oxygen atoms in total. The summed E-state index contributed by atoms with van der Waals surface area (Å²) < 4.78 is 27.4. The molecule has 1 aliphatic carbocycles. The summed E-state index contributed by atoms with van der Waals surface area (Å²) in [6, 6.07) is 11.0. The van der Waals surface area contributed by atoms with Gasteiger partial charge < -0.3 is 0 Å². The van der Waals surface area contributed by atoms with Crippen molar-refractivity contribution in [1.82, 2.24) is 9.29 Å². The number of nitriles is 1. The second kappa shape index (κ2) is 7.12. The second-order valence-corrected chi connectivity index (χ2v) is 7.83. The van der Waals surface area contributed by atoms with Crippen LogP contribution in [0.25, 0.3) is 0 Å². The zero-order valence-corrected chi connectivity index (χ0v) is 14.2. The van der Waals surface area contributed by atoms with Crippen molar-refractivity contribution in [2.75, 3.05) is 6.54 Å². The number of nitrogens with zero attached hydrogens (tertiary/aromatic N) is 3. The Morgan fingerprint density at radius 1 is 1.21 bits per heavy atom. The van der Waals surface area contributed by atoms with Crippen LogP contribution in [0.5, 0.6) is 0 Å². The molecule has 124 valence electrons. The van der Waals surface area contributed by atoms with Crippen molar-refractivity contribution in [2.24, 2.45) is 0 Å². The van der Waals surface area contributed by atoms with Crippen LogP contribution in [0.4, 0.5) is 0 Å². The molecular formula is C18H19N3O2S. The van der Waals surface area contributed by atoms with Crippen LogP contribution >= 0.6 is 0 Å². The van der Waals surface area contributed by atoms with Gasteiger partial charge in [0.15, 0.2) is 0 Å². The Morgan fingerprint density at radius 3 is 2.79 bits per heavy atom. The number of pyridine rings is 1. The second-order valence-electron chi connectivity index (χ2n) is 5.89. The van der Waals surface area contributed by atoms with E-state index in [2.05, 4.69) is 4.98 Å². The van der Waals surface area contributed by atoms with E-state index < -0.39 is 10.0 Å². The molecule has 0 amide bonds. The quantitative estimate of drug-likeness (QED) is 0.809. The first-order chi connectivity index (χ1) is 11.6. The maximum absolute atomic E-state index is 13.0. The summed E-state index contributed by atoms with van der Waals surface area (Å²) in [5, 5.41) is 8.86. The Bertz CT molecular complexity index is 858. The van der Waals surface area contributed by atoms with E-state index in [1.807, 2.05) is 18.2 Å². The summed E-state index contributed by atoms with van der Waals surface area (Å²) in [6.07, 6.45) is 6.48. The lowest BCUT2D eigenvalue weighted by Crippen LogP contribution is -2.31. The largest absolute Gasteiger partial charge is 0.264 e. The van der Waals surface area contributed by atoms with E-state index in [1.165, 1.54) is 9.87 Å². The molecule has 2 aromatic rings. The molecule has 0 fully saturated rings. The van der Waals surface area contributed by atoms with E-state index in [0.717, 1.165) is 30.4 Å². The number of sulfonamides is 1. The van der Waals surface area contributed by atoms with Gasteiger partial charge in [-0.15, -0.1) is 0 Å². The Hall–Kier alpha value is -2.23. The fraction of sp³-hybridized carbons (Fsp3) is 0.333. The lowest BCUT2D eigenvalue weighted by atomic mass is 10.1. The Labute approximate surface area is 142 Å².